The molecule has 0 aromatic heterocycles. The molecule has 0 bridgehead atoms. The van der Waals surface area contributed by atoms with Crippen LogP contribution in [0.3, 0.4) is 0 Å². The number of ether oxygens (including phenoxy) is 1. The predicted octanol–water partition coefficient (Wildman–Crippen LogP) is 1.77. The number of morpholine rings is 1. The van der Waals surface area contributed by atoms with E-state index in [0.29, 0.717) is 13.2 Å². The molecule has 6 heteroatoms. The molecular formula is C13H16FNO3S. The lowest BCUT2D eigenvalue weighted by Crippen LogP contribution is -2.51. The number of benzene rings is 1. The lowest BCUT2D eigenvalue weighted by Gasteiger charge is -2.36. The van der Waals surface area contributed by atoms with E-state index in [9.17, 15) is 12.8 Å². The van der Waals surface area contributed by atoms with Crippen molar-refractivity contribution in [3.63, 3.8) is 0 Å². The van der Waals surface area contributed by atoms with E-state index in [1.54, 1.807) is 6.07 Å². The highest BCUT2D eigenvalue weighted by Gasteiger charge is 2.42. The minimum absolute atomic E-state index is 0.0321. The van der Waals surface area contributed by atoms with Gasteiger partial charge in [0.15, 0.2) is 0 Å². The molecule has 3 rings (SSSR count). The first-order valence-corrected chi connectivity index (χ1v) is 7.93. The van der Waals surface area contributed by atoms with Crippen molar-refractivity contribution in [2.24, 2.45) is 0 Å². The third-order valence-electron chi connectivity index (χ3n) is 3.85. The van der Waals surface area contributed by atoms with Crippen molar-refractivity contribution >= 4 is 10.0 Å². The van der Waals surface area contributed by atoms with Crippen LogP contribution in [0.25, 0.3) is 0 Å². The number of hydrogen-bond donors (Lipinski definition) is 0. The third-order valence-corrected chi connectivity index (χ3v) is 5.81. The van der Waals surface area contributed by atoms with Gasteiger partial charge in [0.2, 0.25) is 10.0 Å². The average molecular weight is 285 g/mol. The summed E-state index contributed by atoms with van der Waals surface area (Å²) in [5.74, 6) is -0.691. The second-order valence-electron chi connectivity index (χ2n) is 4.95. The molecule has 1 aliphatic carbocycles. The van der Waals surface area contributed by atoms with Crippen LogP contribution in [0.15, 0.2) is 29.2 Å². The molecule has 1 saturated heterocycles. The van der Waals surface area contributed by atoms with Gasteiger partial charge in [-0.15, -0.1) is 0 Å². The molecular weight excluding hydrogens is 269 g/mol. The molecule has 1 aromatic rings. The summed E-state index contributed by atoms with van der Waals surface area (Å²) in [6.45, 7) is 0.687. The predicted molar refractivity (Wildman–Crippen MR) is 67.7 cm³/mol. The zero-order valence-corrected chi connectivity index (χ0v) is 11.3. The van der Waals surface area contributed by atoms with Gasteiger partial charge < -0.3 is 4.74 Å². The van der Waals surface area contributed by atoms with Crippen LogP contribution in [0.1, 0.15) is 19.3 Å². The van der Waals surface area contributed by atoms with Crippen LogP contribution in [0.4, 0.5) is 4.39 Å². The maximum atomic E-state index is 13.7. The highest BCUT2D eigenvalue weighted by atomic mass is 32.2. The normalized spacial score (nSPS) is 28.3. The van der Waals surface area contributed by atoms with E-state index in [2.05, 4.69) is 0 Å². The second-order valence-corrected chi connectivity index (χ2v) is 6.81. The number of halogens is 1. The monoisotopic (exact) mass is 285 g/mol. The zero-order valence-electron chi connectivity index (χ0n) is 10.5. The summed E-state index contributed by atoms with van der Waals surface area (Å²) in [6.07, 6.45) is 2.60. The molecule has 0 radical (unpaired) electrons. The van der Waals surface area contributed by atoms with E-state index in [1.165, 1.54) is 22.5 Å². The van der Waals surface area contributed by atoms with Crippen molar-refractivity contribution in [1.82, 2.24) is 4.31 Å². The number of hydrogen-bond acceptors (Lipinski definition) is 3. The molecule has 4 nitrogen and oxygen atoms in total. The highest BCUT2D eigenvalue weighted by Crippen LogP contribution is 2.33. The molecule has 1 aromatic carbocycles. The summed E-state index contributed by atoms with van der Waals surface area (Å²) in [5, 5.41) is 0. The van der Waals surface area contributed by atoms with Crippen LogP contribution in [0, 0.1) is 5.82 Å². The maximum absolute atomic E-state index is 13.7. The maximum Gasteiger partial charge on any atom is 0.246 e. The summed E-state index contributed by atoms with van der Waals surface area (Å²) >= 11 is 0. The lowest BCUT2D eigenvalue weighted by molar-refractivity contribution is -0.0242. The van der Waals surface area contributed by atoms with Gasteiger partial charge in [-0.05, 0) is 31.4 Å². The van der Waals surface area contributed by atoms with Crippen LogP contribution in [0.2, 0.25) is 0 Å². The number of fused-ring (bicyclic) bond motifs is 1. The molecule has 19 heavy (non-hydrogen) atoms. The Kier molecular flexibility index (Phi) is 3.32. The first-order chi connectivity index (χ1) is 9.10. The van der Waals surface area contributed by atoms with E-state index in [-0.39, 0.29) is 17.0 Å². The second kappa shape index (κ2) is 4.85. The molecule has 2 fully saturated rings. The van der Waals surface area contributed by atoms with Crippen LogP contribution >= 0.6 is 0 Å². The Labute approximate surface area is 112 Å². The number of rotatable bonds is 2. The van der Waals surface area contributed by atoms with Crippen LogP contribution in [-0.2, 0) is 14.8 Å². The molecule has 1 heterocycles. The number of sulfonamides is 1. The van der Waals surface area contributed by atoms with Gasteiger partial charge in [-0.3, -0.25) is 0 Å². The first-order valence-electron chi connectivity index (χ1n) is 6.48. The van der Waals surface area contributed by atoms with Crippen molar-refractivity contribution in [2.75, 3.05) is 13.2 Å². The molecule has 0 amide bonds. The van der Waals surface area contributed by atoms with Gasteiger partial charge in [0.1, 0.15) is 10.7 Å². The van der Waals surface area contributed by atoms with E-state index >= 15 is 0 Å². The Balaban J connectivity index is 1.98. The Hall–Kier alpha value is -0.980. The standard InChI is InChI=1S/C13H16FNO3S/c14-10-4-1-2-7-13(10)19(16,17)15-8-9-18-12-6-3-5-11(12)15/h1-2,4,7,11-12H,3,5-6,8-9H2. The minimum atomic E-state index is -3.77. The van der Waals surface area contributed by atoms with Gasteiger partial charge in [0, 0.05) is 6.54 Å². The van der Waals surface area contributed by atoms with Crippen LogP contribution < -0.4 is 0 Å². The molecule has 2 unspecified atom stereocenters. The van der Waals surface area contributed by atoms with Gasteiger partial charge in [-0.2, -0.15) is 4.31 Å². The van der Waals surface area contributed by atoms with Crippen molar-refractivity contribution < 1.29 is 17.5 Å². The Morgan fingerprint density at radius 2 is 2.05 bits per heavy atom. The Bertz CT molecular complexity index is 575. The van der Waals surface area contributed by atoms with Gasteiger partial charge in [0.05, 0.1) is 18.8 Å². The van der Waals surface area contributed by atoms with Crippen molar-refractivity contribution in [3.8, 4) is 0 Å². The fraction of sp³-hybridized carbons (Fsp3) is 0.538. The molecule has 1 aliphatic heterocycles. The van der Waals surface area contributed by atoms with Crippen LogP contribution in [0.5, 0.6) is 0 Å². The summed E-state index contributed by atoms with van der Waals surface area (Å²) in [7, 11) is -3.77. The van der Waals surface area contributed by atoms with Crippen LogP contribution in [-0.4, -0.2) is 38.0 Å². The van der Waals surface area contributed by atoms with Gasteiger partial charge in [0.25, 0.3) is 0 Å². The fourth-order valence-electron chi connectivity index (χ4n) is 2.97. The van der Waals surface area contributed by atoms with Crippen molar-refractivity contribution in [3.05, 3.63) is 30.1 Å². The van der Waals surface area contributed by atoms with Gasteiger partial charge >= 0.3 is 0 Å². The summed E-state index contributed by atoms with van der Waals surface area (Å²) < 4.78 is 45.9. The summed E-state index contributed by atoms with van der Waals surface area (Å²) in [4.78, 5) is -0.234. The average Bonchev–Trinajstić information content (AvgIpc) is 2.86. The van der Waals surface area contributed by atoms with E-state index in [1.807, 2.05) is 0 Å². The van der Waals surface area contributed by atoms with Gasteiger partial charge in [-0.25, -0.2) is 12.8 Å². The van der Waals surface area contributed by atoms with E-state index < -0.39 is 15.8 Å². The Morgan fingerprint density at radius 3 is 2.84 bits per heavy atom. The molecule has 2 atom stereocenters. The smallest absolute Gasteiger partial charge is 0.246 e. The fourth-order valence-corrected chi connectivity index (χ4v) is 4.70. The molecule has 2 aliphatic rings. The van der Waals surface area contributed by atoms with Crippen molar-refractivity contribution in [2.45, 2.75) is 36.3 Å². The summed E-state index contributed by atoms with van der Waals surface area (Å²) in [6, 6.07) is 5.40. The summed E-state index contributed by atoms with van der Waals surface area (Å²) in [5.41, 5.74) is 0. The number of nitrogens with zero attached hydrogens (tertiary/aromatic N) is 1. The SMILES string of the molecule is O=S(=O)(c1ccccc1F)N1CCOC2CCCC21. The largest absolute Gasteiger partial charge is 0.375 e. The van der Waals surface area contributed by atoms with E-state index in [4.69, 9.17) is 4.74 Å². The van der Waals surface area contributed by atoms with E-state index in [0.717, 1.165) is 19.3 Å². The lowest BCUT2D eigenvalue weighted by atomic mass is 10.2. The first kappa shape index (κ1) is 13.0. The third kappa shape index (κ3) is 2.17. The van der Waals surface area contributed by atoms with Crippen molar-refractivity contribution in [1.29, 1.82) is 0 Å². The van der Waals surface area contributed by atoms with Gasteiger partial charge in [-0.1, -0.05) is 12.1 Å². The molecule has 1 saturated carbocycles. The topological polar surface area (TPSA) is 46.6 Å². The Morgan fingerprint density at radius 1 is 1.26 bits per heavy atom. The quantitative estimate of drug-likeness (QED) is 0.832. The highest BCUT2D eigenvalue weighted by molar-refractivity contribution is 7.89. The zero-order chi connectivity index (χ0) is 13.5. The minimum Gasteiger partial charge on any atom is -0.375 e. The molecule has 0 spiro atoms. The molecule has 104 valence electrons. The molecule has 0 N–H and O–H groups in total.